The molecule has 34 heavy (non-hydrogen) atoms. The summed E-state index contributed by atoms with van der Waals surface area (Å²) in [7, 11) is 0. The molecule has 1 fully saturated rings. The standard InChI is InChI=1S/C24H23ClN4O4S/c1-16-21(34-22(26-16)17-7-9-18(25)10-8-17)23(31)33-15-20(30)28-11-13-29(14-12-28)24(32)27-19-5-3-2-4-6-19/h2-10H,11-15H2,1H3,(H,27,32). The van der Waals surface area contributed by atoms with Crippen LogP contribution in [0.15, 0.2) is 54.6 Å². The Kier molecular flexibility index (Phi) is 7.44. The zero-order valence-electron chi connectivity index (χ0n) is 18.5. The number of carbonyl (C=O) groups excluding carboxylic acids is 3. The summed E-state index contributed by atoms with van der Waals surface area (Å²) in [6.07, 6.45) is 0. The predicted octanol–water partition coefficient (Wildman–Crippen LogP) is 4.31. The molecule has 0 saturated carbocycles. The van der Waals surface area contributed by atoms with Crippen molar-refractivity contribution in [1.29, 1.82) is 0 Å². The number of esters is 1. The first-order valence-corrected chi connectivity index (χ1v) is 11.9. The van der Waals surface area contributed by atoms with Crippen molar-refractivity contribution in [2.24, 2.45) is 0 Å². The summed E-state index contributed by atoms with van der Waals surface area (Å²) in [6, 6.07) is 16.2. The Balaban J connectivity index is 1.26. The highest BCUT2D eigenvalue weighted by Gasteiger charge is 2.26. The normalized spacial score (nSPS) is 13.5. The zero-order valence-corrected chi connectivity index (χ0v) is 20.1. The number of anilines is 1. The minimum Gasteiger partial charge on any atom is -0.451 e. The van der Waals surface area contributed by atoms with E-state index in [4.69, 9.17) is 16.3 Å². The monoisotopic (exact) mass is 498 g/mol. The summed E-state index contributed by atoms with van der Waals surface area (Å²) >= 11 is 7.14. The number of hydrogen-bond acceptors (Lipinski definition) is 6. The molecule has 0 aliphatic carbocycles. The number of amides is 3. The van der Waals surface area contributed by atoms with Crippen LogP contribution in [-0.4, -0.2) is 65.5 Å². The minimum absolute atomic E-state index is 0.207. The fourth-order valence-electron chi connectivity index (χ4n) is 3.47. The molecule has 0 radical (unpaired) electrons. The zero-order chi connectivity index (χ0) is 24.1. The SMILES string of the molecule is Cc1nc(-c2ccc(Cl)cc2)sc1C(=O)OCC(=O)N1CCN(C(=O)Nc2ccccc2)CC1. The van der Waals surface area contributed by atoms with Gasteiger partial charge in [-0.3, -0.25) is 4.79 Å². The third-order valence-electron chi connectivity index (χ3n) is 5.34. The van der Waals surface area contributed by atoms with Gasteiger partial charge in [-0.15, -0.1) is 11.3 Å². The maximum absolute atomic E-state index is 12.6. The molecule has 3 aromatic rings. The van der Waals surface area contributed by atoms with Gasteiger partial charge in [0, 0.05) is 42.5 Å². The lowest BCUT2D eigenvalue weighted by Gasteiger charge is -2.34. The van der Waals surface area contributed by atoms with E-state index in [9.17, 15) is 14.4 Å². The van der Waals surface area contributed by atoms with Gasteiger partial charge >= 0.3 is 12.0 Å². The van der Waals surface area contributed by atoms with Gasteiger partial charge in [0.2, 0.25) is 0 Å². The molecule has 2 aromatic carbocycles. The van der Waals surface area contributed by atoms with Crippen molar-refractivity contribution in [3.05, 3.63) is 70.2 Å². The van der Waals surface area contributed by atoms with Gasteiger partial charge in [0.05, 0.1) is 5.69 Å². The fraction of sp³-hybridized carbons (Fsp3) is 0.250. The number of benzene rings is 2. The van der Waals surface area contributed by atoms with E-state index in [-0.39, 0.29) is 18.5 Å². The van der Waals surface area contributed by atoms with E-state index >= 15 is 0 Å². The number of halogens is 1. The molecule has 0 bridgehead atoms. The second-order valence-electron chi connectivity index (χ2n) is 7.68. The predicted molar refractivity (Wildman–Crippen MR) is 131 cm³/mol. The average Bonchev–Trinajstić information content (AvgIpc) is 3.25. The summed E-state index contributed by atoms with van der Waals surface area (Å²) in [4.78, 5) is 45.6. The largest absolute Gasteiger partial charge is 0.451 e. The van der Waals surface area contributed by atoms with Crippen LogP contribution in [-0.2, 0) is 9.53 Å². The highest BCUT2D eigenvalue weighted by atomic mass is 35.5. The Bertz CT molecular complexity index is 1180. The van der Waals surface area contributed by atoms with Crippen molar-refractivity contribution in [1.82, 2.24) is 14.8 Å². The quantitative estimate of drug-likeness (QED) is 0.529. The second-order valence-corrected chi connectivity index (χ2v) is 9.12. The van der Waals surface area contributed by atoms with Gasteiger partial charge in [-0.25, -0.2) is 14.6 Å². The lowest BCUT2D eigenvalue weighted by molar-refractivity contribution is -0.135. The molecule has 4 rings (SSSR count). The molecule has 176 valence electrons. The Labute approximate surface area is 206 Å². The number of hydrogen-bond donors (Lipinski definition) is 1. The molecule has 1 aliphatic rings. The van der Waals surface area contributed by atoms with Crippen molar-refractivity contribution in [3.63, 3.8) is 0 Å². The van der Waals surface area contributed by atoms with Crippen molar-refractivity contribution < 1.29 is 19.1 Å². The smallest absolute Gasteiger partial charge is 0.350 e. The van der Waals surface area contributed by atoms with Crippen LogP contribution in [0.2, 0.25) is 5.02 Å². The van der Waals surface area contributed by atoms with Crippen LogP contribution in [0.4, 0.5) is 10.5 Å². The van der Waals surface area contributed by atoms with Crippen LogP contribution in [0.1, 0.15) is 15.4 Å². The number of para-hydroxylation sites is 1. The van der Waals surface area contributed by atoms with E-state index in [1.165, 1.54) is 11.3 Å². The van der Waals surface area contributed by atoms with E-state index in [0.29, 0.717) is 46.8 Å². The van der Waals surface area contributed by atoms with E-state index in [2.05, 4.69) is 10.3 Å². The summed E-state index contributed by atoms with van der Waals surface area (Å²) in [5.74, 6) is -0.874. The molecule has 2 heterocycles. The number of aromatic nitrogens is 1. The summed E-state index contributed by atoms with van der Waals surface area (Å²) in [6.45, 7) is 2.92. The first-order valence-electron chi connectivity index (χ1n) is 10.7. The fourth-order valence-corrected chi connectivity index (χ4v) is 4.56. The Hall–Kier alpha value is -3.43. The van der Waals surface area contributed by atoms with Gasteiger partial charge in [0.1, 0.15) is 9.88 Å². The van der Waals surface area contributed by atoms with Gasteiger partial charge in [-0.1, -0.05) is 41.9 Å². The molecule has 10 heteroatoms. The highest BCUT2D eigenvalue weighted by molar-refractivity contribution is 7.17. The van der Waals surface area contributed by atoms with Gasteiger partial charge in [-0.05, 0) is 31.2 Å². The van der Waals surface area contributed by atoms with Crippen molar-refractivity contribution in [2.75, 3.05) is 38.1 Å². The van der Waals surface area contributed by atoms with Crippen molar-refractivity contribution in [3.8, 4) is 10.6 Å². The van der Waals surface area contributed by atoms with E-state index < -0.39 is 5.97 Å². The van der Waals surface area contributed by atoms with E-state index in [0.717, 1.165) is 11.3 Å². The molecular formula is C24H23ClN4O4S. The minimum atomic E-state index is -0.579. The first kappa shape index (κ1) is 23.7. The number of carbonyl (C=O) groups is 3. The third-order valence-corrected chi connectivity index (χ3v) is 6.78. The number of thiazole rings is 1. The van der Waals surface area contributed by atoms with Crippen LogP contribution in [0.3, 0.4) is 0 Å². The van der Waals surface area contributed by atoms with Crippen molar-refractivity contribution >= 4 is 46.5 Å². The van der Waals surface area contributed by atoms with Crippen LogP contribution in [0.25, 0.3) is 10.6 Å². The lowest BCUT2D eigenvalue weighted by atomic mass is 10.2. The molecule has 1 N–H and O–H groups in total. The maximum Gasteiger partial charge on any atom is 0.350 e. The summed E-state index contributed by atoms with van der Waals surface area (Å²) in [5, 5.41) is 4.14. The maximum atomic E-state index is 12.6. The average molecular weight is 499 g/mol. The molecule has 8 nitrogen and oxygen atoms in total. The number of rotatable bonds is 5. The van der Waals surface area contributed by atoms with Crippen LogP contribution < -0.4 is 5.32 Å². The van der Waals surface area contributed by atoms with E-state index in [1.54, 1.807) is 28.9 Å². The van der Waals surface area contributed by atoms with Gasteiger partial charge in [-0.2, -0.15) is 0 Å². The van der Waals surface area contributed by atoms with Crippen LogP contribution in [0.5, 0.6) is 0 Å². The van der Waals surface area contributed by atoms with E-state index in [1.807, 2.05) is 42.5 Å². The molecule has 3 amide bonds. The lowest BCUT2D eigenvalue weighted by Crippen LogP contribution is -2.52. The number of aryl methyl sites for hydroxylation is 1. The molecule has 1 saturated heterocycles. The number of piperazine rings is 1. The number of ether oxygens (including phenoxy) is 1. The van der Waals surface area contributed by atoms with Crippen LogP contribution >= 0.6 is 22.9 Å². The summed E-state index contributed by atoms with van der Waals surface area (Å²) in [5.41, 5.74) is 2.11. The van der Waals surface area contributed by atoms with Crippen molar-refractivity contribution in [2.45, 2.75) is 6.92 Å². The van der Waals surface area contributed by atoms with Gasteiger partial charge in [0.25, 0.3) is 5.91 Å². The number of nitrogens with zero attached hydrogens (tertiary/aromatic N) is 3. The number of urea groups is 1. The van der Waals surface area contributed by atoms with Gasteiger partial charge < -0.3 is 19.9 Å². The Morgan fingerprint density at radius 3 is 2.32 bits per heavy atom. The molecule has 1 aliphatic heterocycles. The molecule has 0 unspecified atom stereocenters. The second kappa shape index (κ2) is 10.7. The first-order chi connectivity index (χ1) is 16.4. The Morgan fingerprint density at radius 2 is 1.65 bits per heavy atom. The number of nitrogens with one attached hydrogen (secondary N) is 1. The van der Waals surface area contributed by atoms with Gasteiger partial charge in [0.15, 0.2) is 6.61 Å². The topological polar surface area (TPSA) is 91.8 Å². The molecular weight excluding hydrogens is 476 g/mol. The highest BCUT2D eigenvalue weighted by Crippen LogP contribution is 2.29. The molecule has 0 atom stereocenters. The summed E-state index contributed by atoms with van der Waals surface area (Å²) < 4.78 is 5.27. The molecule has 1 aromatic heterocycles. The van der Waals surface area contributed by atoms with Crippen LogP contribution in [0, 0.1) is 6.92 Å². The third kappa shape index (κ3) is 5.73. The molecule has 0 spiro atoms. The Morgan fingerprint density at radius 1 is 1.00 bits per heavy atom.